The molecule has 0 bridgehead atoms. The quantitative estimate of drug-likeness (QED) is 0.766. The van der Waals surface area contributed by atoms with Crippen molar-refractivity contribution in [2.24, 2.45) is 0 Å². The van der Waals surface area contributed by atoms with Gasteiger partial charge >= 0.3 is 0 Å². The van der Waals surface area contributed by atoms with Crippen molar-refractivity contribution < 1.29 is 4.79 Å². The van der Waals surface area contributed by atoms with E-state index in [2.05, 4.69) is 27.3 Å². The first kappa shape index (κ1) is 16.1. The summed E-state index contributed by atoms with van der Waals surface area (Å²) in [5.74, 6) is -0.184. The van der Waals surface area contributed by atoms with Crippen LogP contribution in [0, 0.1) is 0 Å². The molecule has 1 N–H and O–H groups in total. The van der Waals surface area contributed by atoms with Crippen molar-refractivity contribution in [3.8, 4) is 10.6 Å². The maximum atomic E-state index is 12.3. The van der Waals surface area contributed by atoms with Crippen LogP contribution < -0.4 is 10.2 Å². The van der Waals surface area contributed by atoms with Gasteiger partial charge in [-0.3, -0.25) is 10.1 Å². The number of carbonyl (C=O) groups is 1. The third kappa shape index (κ3) is 3.60. The maximum Gasteiger partial charge on any atom is 0.257 e. The molecule has 0 unspecified atom stereocenters. The molecule has 122 valence electrons. The Kier molecular flexibility index (Phi) is 4.86. The highest BCUT2D eigenvalue weighted by Crippen LogP contribution is 2.26. The molecule has 0 fully saturated rings. The van der Waals surface area contributed by atoms with E-state index in [1.165, 1.54) is 11.3 Å². The lowest BCUT2D eigenvalue weighted by Crippen LogP contribution is -2.16. The van der Waals surface area contributed by atoms with Gasteiger partial charge < -0.3 is 4.90 Å². The third-order valence-corrected chi connectivity index (χ3v) is 4.60. The molecular weight excluding hydrogens is 320 g/mol. The van der Waals surface area contributed by atoms with Crippen LogP contribution in [0.4, 0.5) is 10.8 Å². The van der Waals surface area contributed by atoms with E-state index in [-0.39, 0.29) is 5.91 Å². The summed E-state index contributed by atoms with van der Waals surface area (Å²) in [5, 5.41) is 12.3. The predicted octanol–water partition coefficient (Wildman–Crippen LogP) is 3.91. The zero-order chi connectivity index (χ0) is 16.9. The van der Waals surface area contributed by atoms with Crippen LogP contribution in [0.3, 0.4) is 0 Å². The van der Waals surface area contributed by atoms with Crippen LogP contribution in [-0.2, 0) is 0 Å². The Morgan fingerprint density at radius 3 is 2.46 bits per heavy atom. The van der Waals surface area contributed by atoms with E-state index in [0.29, 0.717) is 10.7 Å². The smallest absolute Gasteiger partial charge is 0.257 e. The van der Waals surface area contributed by atoms with Crippen molar-refractivity contribution in [2.75, 3.05) is 23.8 Å². The molecule has 0 aliphatic heterocycles. The zero-order valence-electron chi connectivity index (χ0n) is 13.6. The molecule has 2 aromatic carbocycles. The number of benzene rings is 2. The monoisotopic (exact) mass is 338 g/mol. The normalized spacial score (nSPS) is 10.4. The average Bonchev–Trinajstić information content (AvgIpc) is 3.10. The summed E-state index contributed by atoms with van der Waals surface area (Å²) < 4.78 is 0. The molecule has 0 aliphatic carbocycles. The topological polar surface area (TPSA) is 58.1 Å². The Hall–Kier alpha value is -2.73. The predicted molar refractivity (Wildman–Crippen MR) is 98.7 cm³/mol. The standard InChI is InChI=1S/C18H18N4OS/c1-3-22(2)15-11-9-13(10-12-15)16(23)19-18-21-20-17(24-18)14-7-5-4-6-8-14/h4-12H,3H2,1-2H3,(H,19,21,23). The lowest BCUT2D eigenvalue weighted by Gasteiger charge is -2.16. The Labute approximate surface area is 145 Å². The van der Waals surface area contributed by atoms with Gasteiger partial charge in [-0.2, -0.15) is 0 Å². The van der Waals surface area contributed by atoms with Gasteiger partial charge in [-0.15, -0.1) is 10.2 Å². The van der Waals surface area contributed by atoms with Crippen molar-refractivity contribution in [3.63, 3.8) is 0 Å². The Bertz CT molecular complexity index is 815. The number of hydrogen-bond donors (Lipinski definition) is 1. The van der Waals surface area contributed by atoms with E-state index in [1.54, 1.807) is 0 Å². The molecule has 0 atom stereocenters. The summed E-state index contributed by atoms with van der Waals surface area (Å²) in [4.78, 5) is 14.4. The number of rotatable bonds is 5. The molecule has 5 nitrogen and oxygen atoms in total. The maximum absolute atomic E-state index is 12.3. The van der Waals surface area contributed by atoms with Gasteiger partial charge in [-0.1, -0.05) is 41.7 Å². The second kappa shape index (κ2) is 7.23. The van der Waals surface area contributed by atoms with Gasteiger partial charge in [0.25, 0.3) is 5.91 Å². The third-order valence-electron chi connectivity index (χ3n) is 3.71. The molecule has 24 heavy (non-hydrogen) atoms. The van der Waals surface area contributed by atoms with Gasteiger partial charge in [0, 0.05) is 30.4 Å². The number of nitrogens with one attached hydrogen (secondary N) is 1. The van der Waals surface area contributed by atoms with Crippen molar-refractivity contribution in [3.05, 3.63) is 60.2 Å². The van der Waals surface area contributed by atoms with Crippen LogP contribution in [0.5, 0.6) is 0 Å². The number of hydrogen-bond acceptors (Lipinski definition) is 5. The Balaban J connectivity index is 1.70. The van der Waals surface area contributed by atoms with Crippen molar-refractivity contribution in [2.45, 2.75) is 6.92 Å². The van der Waals surface area contributed by atoms with E-state index in [0.717, 1.165) is 22.8 Å². The first-order chi connectivity index (χ1) is 11.7. The van der Waals surface area contributed by atoms with Crippen LogP contribution in [0.25, 0.3) is 10.6 Å². The van der Waals surface area contributed by atoms with Gasteiger partial charge in [0.05, 0.1) is 0 Å². The second-order valence-electron chi connectivity index (χ2n) is 5.29. The second-order valence-corrected chi connectivity index (χ2v) is 6.27. The summed E-state index contributed by atoms with van der Waals surface area (Å²) in [7, 11) is 2.02. The van der Waals surface area contributed by atoms with Gasteiger partial charge in [0.1, 0.15) is 5.01 Å². The van der Waals surface area contributed by atoms with Crippen LogP contribution in [0.2, 0.25) is 0 Å². The fourth-order valence-corrected chi connectivity index (χ4v) is 2.93. The van der Waals surface area contributed by atoms with Crippen LogP contribution in [0.1, 0.15) is 17.3 Å². The number of amides is 1. The summed E-state index contributed by atoms with van der Waals surface area (Å²) in [6, 6.07) is 17.3. The highest BCUT2D eigenvalue weighted by Gasteiger charge is 2.11. The molecule has 0 saturated carbocycles. The van der Waals surface area contributed by atoms with E-state index in [9.17, 15) is 4.79 Å². The van der Waals surface area contributed by atoms with Crippen molar-refractivity contribution >= 4 is 28.1 Å². The highest BCUT2D eigenvalue weighted by atomic mass is 32.1. The minimum absolute atomic E-state index is 0.184. The van der Waals surface area contributed by atoms with Crippen LogP contribution in [-0.4, -0.2) is 29.7 Å². The average molecular weight is 338 g/mol. The molecule has 1 aromatic heterocycles. The highest BCUT2D eigenvalue weighted by molar-refractivity contribution is 7.18. The lowest BCUT2D eigenvalue weighted by molar-refractivity contribution is 0.102. The van der Waals surface area contributed by atoms with E-state index in [1.807, 2.05) is 61.6 Å². The Morgan fingerprint density at radius 2 is 1.79 bits per heavy atom. The van der Waals surface area contributed by atoms with Gasteiger partial charge in [0.2, 0.25) is 5.13 Å². The Morgan fingerprint density at radius 1 is 1.08 bits per heavy atom. The number of anilines is 2. The molecule has 3 rings (SSSR count). The van der Waals surface area contributed by atoms with Crippen LogP contribution >= 0.6 is 11.3 Å². The summed E-state index contributed by atoms with van der Waals surface area (Å²) in [5.41, 5.74) is 2.67. The minimum Gasteiger partial charge on any atom is -0.375 e. The molecule has 6 heteroatoms. The number of nitrogens with zero attached hydrogens (tertiary/aromatic N) is 3. The van der Waals surface area contributed by atoms with Crippen molar-refractivity contribution in [1.29, 1.82) is 0 Å². The summed E-state index contributed by atoms with van der Waals surface area (Å²) in [6.45, 7) is 3.00. The van der Waals surface area contributed by atoms with Gasteiger partial charge in [-0.05, 0) is 31.2 Å². The minimum atomic E-state index is -0.184. The molecule has 0 radical (unpaired) electrons. The van der Waals surface area contributed by atoms with E-state index >= 15 is 0 Å². The molecule has 1 amide bonds. The number of aromatic nitrogens is 2. The molecule has 0 spiro atoms. The summed E-state index contributed by atoms with van der Waals surface area (Å²) >= 11 is 1.36. The lowest BCUT2D eigenvalue weighted by atomic mass is 10.2. The molecule has 3 aromatic rings. The first-order valence-corrected chi connectivity index (χ1v) is 8.50. The molecule has 0 aliphatic rings. The fraction of sp³-hybridized carbons (Fsp3) is 0.167. The first-order valence-electron chi connectivity index (χ1n) is 7.69. The van der Waals surface area contributed by atoms with Gasteiger partial charge in [-0.25, -0.2) is 0 Å². The van der Waals surface area contributed by atoms with Crippen LogP contribution in [0.15, 0.2) is 54.6 Å². The molecular formula is C18H18N4OS. The number of carbonyl (C=O) groups excluding carboxylic acids is 1. The summed E-state index contributed by atoms with van der Waals surface area (Å²) in [6.07, 6.45) is 0. The molecule has 0 saturated heterocycles. The largest absolute Gasteiger partial charge is 0.375 e. The zero-order valence-corrected chi connectivity index (χ0v) is 14.4. The SMILES string of the molecule is CCN(C)c1ccc(C(=O)Nc2nnc(-c3ccccc3)s2)cc1. The van der Waals surface area contributed by atoms with Gasteiger partial charge in [0.15, 0.2) is 0 Å². The van der Waals surface area contributed by atoms with E-state index < -0.39 is 0 Å². The van der Waals surface area contributed by atoms with E-state index in [4.69, 9.17) is 0 Å². The molecule has 1 heterocycles. The van der Waals surface area contributed by atoms with Crippen molar-refractivity contribution in [1.82, 2.24) is 10.2 Å². The fourth-order valence-electron chi connectivity index (χ4n) is 2.19.